The number of halogens is 4. The molecule has 66 heavy (non-hydrogen) atoms. The van der Waals surface area contributed by atoms with Crippen LogP contribution in [0.5, 0.6) is 0 Å². The summed E-state index contributed by atoms with van der Waals surface area (Å²) in [5.74, 6) is 0. The molecular weight excluding hydrogens is 902 g/mol. The minimum absolute atomic E-state index is 0.127. The molecule has 0 unspecified atom stereocenters. The predicted molar refractivity (Wildman–Crippen MR) is 285 cm³/mol. The van der Waals surface area contributed by atoms with Crippen molar-refractivity contribution >= 4 is 46.4 Å². The van der Waals surface area contributed by atoms with Crippen LogP contribution in [0, 0.1) is 21.7 Å². The molecule has 0 aliphatic heterocycles. The van der Waals surface area contributed by atoms with Crippen LogP contribution in [0.15, 0.2) is 0 Å². The highest BCUT2D eigenvalue weighted by Gasteiger charge is 2.73. The second-order valence-electron chi connectivity index (χ2n) is 23.3. The Bertz CT molecular complexity index is 1170. The second-order valence-corrected chi connectivity index (χ2v) is 25.9. The third-order valence-corrected chi connectivity index (χ3v) is 21.7. The van der Waals surface area contributed by atoms with Gasteiger partial charge in [0.2, 0.25) is 0 Å². The summed E-state index contributed by atoms with van der Waals surface area (Å²) in [7, 11) is 0. The Hall–Kier alpha value is 1.00. The smallest absolute Gasteiger partial charge is 0.129 e. The number of hydrogen-bond donors (Lipinski definition) is 0. The molecule has 0 bridgehead atoms. The molecule has 4 nitrogen and oxygen atoms in total. The summed E-state index contributed by atoms with van der Waals surface area (Å²) < 4.78 is 23.8. The van der Waals surface area contributed by atoms with Crippen LogP contribution in [0.3, 0.4) is 0 Å². The number of hydrogen-bond acceptors (Lipinski definition) is 4. The van der Waals surface area contributed by atoms with Crippen molar-refractivity contribution in [2.75, 3.05) is 26.4 Å². The Morgan fingerprint density at radius 2 is 0.470 bits per heavy atom. The zero-order valence-corrected chi connectivity index (χ0v) is 46.6. The Morgan fingerprint density at radius 3 is 0.652 bits per heavy atom. The topological polar surface area (TPSA) is 36.9 Å². The molecule has 4 spiro atoms. The summed E-state index contributed by atoms with van der Waals surface area (Å²) >= 11 is 28.9. The number of ether oxygens (including phenoxy) is 4. The van der Waals surface area contributed by atoms with Crippen molar-refractivity contribution in [3.05, 3.63) is 0 Å². The summed E-state index contributed by atoms with van der Waals surface area (Å²) in [5, 5.41) is 0. The lowest BCUT2D eigenvalue weighted by Crippen LogP contribution is -2.67. The monoisotopic (exact) mass is 1000 g/mol. The zero-order valence-electron chi connectivity index (χ0n) is 43.6. The van der Waals surface area contributed by atoms with Gasteiger partial charge in [0.05, 0.1) is 24.4 Å². The lowest BCUT2D eigenvalue weighted by molar-refractivity contribution is -0.139. The standard InChI is InChI=1S/C30H54Cl2O2.C28H50Cl2O2/c1-3-5-7-9-11-13-23-33-26-15-19-28(20-16-26)25-29(30(28,31)32)21-17-27(18-22-29)34-24-14-12-10-8-6-4-2;1-3-5-7-9-11-21-31-24-13-17-26(18-14-24)23-27(28(26,29)30)19-15-25(16-20-27)32-22-12-10-8-6-4-2/h26-27H,3-25H2,1-2H3;24-25H,3-23H2,1-2H3. The van der Waals surface area contributed by atoms with Gasteiger partial charge in [0.15, 0.2) is 0 Å². The third kappa shape index (κ3) is 15.5. The molecule has 6 aliphatic rings. The first-order valence-electron chi connectivity index (χ1n) is 29.2. The Labute approximate surface area is 428 Å². The van der Waals surface area contributed by atoms with E-state index in [9.17, 15) is 0 Å². The van der Waals surface area contributed by atoms with Crippen molar-refractivity contribution in [3.63, 3.8) is 0 Å². The molecule has 0 atom stereocenters. The first-order chi connectivity index (χ1) is 32.0. The average molecular weight is 1010 g/mol. The van der Waals surface area contributed by atoms with Crippen molar-refractivity contribution in [1.82, 2.24) is 0 Å². The summed E-state index contributed by atoms with van der Waals surface area (Å²) in [6, 6.07) is 0. The minimum atomic E-state index is -0.561. The average Bonchev–Trinajstić information content (AvgIpc) is 3.33. The van der Waals surface area contributed by atoms with Crippen LogP contribution in [0.4, 0.5) is 0 Å². The highest BCUT2D eigenvalue weighted by atomic mass is 35.5. The molecule has 0 saturated heterocycles. The van der Waals surface area contributed by atoms with Crippen molar-refractivity contribution in [3.8, 4) is 0 Å². The molecule has 0 aromatic heterocycles. The van der Waals surface area contributed by atoms with Crippen LogP contribution in [0.1, 0.15) is 285 Å². The van der Waals surface area contributed by atoms with E-state index in [-0.39, 0.29) is 21.7 Å². The first kappa shape index (κ1) is 57.9. The van der Waals surface area contributed by atoms with Gasteiger partial charge in [-0.05, 0) is 141 Å². The Balaban J connectivity index is 0.000000248. The zero-order chi connectivity index (χ0) is 47.3. The number of unbranched alkanes of at least 4 members (excludes halogenated alkanes) is 18. The van der Waals surface area contributed by atoms with E-state index in [0.717, 1.165) is 129 Å². The fraction of sp³-hybridized carbons (Fsp3) is 1.00. The van der Waals surface area contributed by atoms with E-state index in [1.807, 2.05) is 0 Å². The maximum atomic E-state index is 7.23. The van der Waals surface area contributed by atoms with Crippen molar-refractivity contribution in [2.45, 2.75) is 318 Å². The number of alkyl halides is 4. The van der Waals surface area contributed by atoms with Gasteiger partial charge in [0.25, 0.3) is 0 Å². The van der Waals surface area contributed by atoms with E-state index in [0.29, 0.717) is 24.4 Å². The summed E-state index contributed by atoms with van der Waals surface area (Å²) in [4.78, 5) is 0. The van der Waals surface area contributed by atoms with Gasteiger partial charge in [-0.1, -0.05) is 143 Å². The molecule has 388 valence electrons. The van der Waals surface area contributed by atoms with E-state index < -0.39 is 8.67 Å². The molecule has 0 aromatic rings. The highest BCUT2D eigenvalue weighted by molar-refractivity contribution is 6.50. The van der Waals surface area contributed by atoms with Crippen LogP contribution in [-0.4, -0.2) is 59.5 Å². The lowest BCUT2D eigenvalue weighted by atomic mass is 9.44. The molecule has 6 fully saturated rings. The van der Waals surface area contributed by atoms with Crippen molar-refractivity contribution in [2.24, 2.45) is 21.7 Å². The maximum Gasteiger partial charge on any atom is 0.129 e. The van der Waals surface area contributed by atoms with Crippen LogP contribution >= 0.6 is 46.4 Å². The summed E-state index contributed by atoms with van der Waals surface area (Å²) in [6.07, 6.45) is 51.3. The SMILES string of the molecule is CCCCCCCCOC1CCC2(CC1)CC1(CCC(OCCCCCCCC)CC1)C2(Cl)Cl.CCCCCCCOC1CCC2(CC1)CC1(CCC(OCCCCCCC)CC1)C2(Cl)Cl. The largest absolute Gasteiger partial charge is 0.378 e. The molecule has 8 heteroatoms. The van der Waals surface area contributed by atoms with E-state index in [2.05, 4.69) is 27.7 Å². The van der Waals surface area contributed by atoms with Gasteiger partial charge in [0.1, 0.15) is 8.67 Å². The van der Waals surface area contributed by atoms with Gasteiger partial charge in [-0.25, -0.2) is 0 Å². The van der Waals surface area contributed by atoms with Crippen LogP contribution in [0.25, 0.3) is 0 Å². The van der Waals surface area contributed by atoms with Gasteiger partial charge < -0.3 is 18.9 Å². The quantitative estimate of drug-likeness (QED) is 0.0531. The van der Waals surface area contributed by atoms with Gasteiger partial charge in [-0.3, -0.25) is 0 Å². The molecule has 6 aliphatic carbocycles. The first-order valence-corrected chi connectivity index (χ1v) is 30.7. The molecule has 0 aromatic carbocycles. The lowest BCUT2D eigenvalue weighted by Gasteiger charge is -2.69. The second kappa shape index (κ2) is 29.6. The molecule has 6 saturated carbocycles. The summed E-state index contributed by atoms with van der Waals surface area (Å²) in [6.45, 7) is 12.8. The van der Waals surface area contributed by atoms with Crippen molar-refractivity contribution < 1.29 is 18.9 Å². The van der Waals surface area contributed by atoms with Gasteiger partial charge in [-0.2, -0.15) is 0 Å². The molecule has 0 radical (unpaired) electrons. The Kier molecular flexibility index (Phi) is 26.0. The Morgan fingerprint density at radius 1 is 0.288 bits per heavy atom. The summed E-state index contributed by atoms with van der Waals surface area (Å²) in [5.41, 5.74) is 0.513. The van der Waals surface area contributed by atoms with Gasteiger partial charge >= 0.3 is 0 Å². The molecule has 0 heterocycles. The minimum Gasteiger partial charge on any atom is -0.378 e. The van der Waals surface area contributed by atoms with Crippen LogP contribution in [-0.2, 0) is 18.9 Å². The molecule has 6 rings (SSSR count). The predicted octanol–water partition coefficient (Wildman–Crippen LogP) is 19.6. The van der Waals surface area contributed by atoms with Crippen LogP contribution in [0.2, 0.25) is 0 Å². The van der Waals surface area contributed by atoms with E-state index in [4.69, 9.17) is 65.4 Å². The van der Waals surface area contributed by atoms with Crippen molar-refractivity contribution in [1.29, 1.82) is 0 Å². The van der Waals surface area contributed by atoms with Gasteiger partial charge in [0, 0.05) is 48.1 Å². The maximum absolute atomic E-state index is 7.23. The van der Waals surface area contributed by atoms with Crippen LogP contribution < -0.4 is 0 Å². The normalized spacial score (nSPS) is 33.5. The van der Waals surface area contributed by atoms with E-state index in [1.165, 1.54) is 154 Å². The van der Waals surface area contributed by atoms with E-state index in [1.54, 1.807) is 0 Å². The fourth-order valence-corrected chi connectivity index (χ4v) is 16.1. The highest BCUT2D eigenvalue weighted by Crippen LogP contribution is 2.77. The molecule has 0 amide bonds. The molecule has 0 N–H and O–H groups in total. The fourth-order valence-electron chi connectivity index (χ4n) is 14.0. The third-order valence-electron chi connectivity index (χ3n) is 18.5. The van der Waals surface area contributed by atoms with E-state index >= 15 is 0 Å². The van der Waals surface area contributed by atoms with Gasteiger partial charge in [-0.15, -0.1) is 46.4 Å². The molecular formula is C58H104Cl4O4. The number of rotatable bonds is 30.